The van der Waals surface area contributed by atoms with E-state index in [1.807, 2.05) is 35.2 Å². The second-order valence-electron chi connectivity index (χ2n) is 6.26. The molecule has 1 aliphatic heterocycles. The van der Waals surface area contributed by atoms with Crippen molar-refractivity contribution in [2.45, 2.75) is 18.9 Å². The molecule has 1 aliphatic carbocycles. The van der Waals surface area contributed by atoms with Crippen molar-refractivity contribution in [2.75, 3.05) is 13.1 Å². The van der Waals surface area contributed by atoms with Gasteiger partial charge in [0.2, 0.25) is 0 Å². The summed E-state index contributed by atoms with van der Waals surface area (Å²) in [4.78, 5) is 19.2. The van der Waals surface area contributed by atoms with Gasteiger partial charge in [0.15, 0.2) is 0 Å². The molecule has 3 atom stereocenters. The Morgan fingerprint density at radius 1 is 1.13 bits per heavy atom. The summed E-state index contributed by atoms with van der Waals surface area (Å²) in [6.45, 7) is 1.65. The minimum Gasteiger partial charge on any atom is -0.338 e. The Morgan fingerprint density at radius 3 is 2.70 bits per heavy atom. The van der Waals surface area contributed by atoms with Gasteiger partial charge in [-0.25, -0.2) is 0 Å². The smallest absolute Gasteiger partial charge is 0.256 e. The number of benzene rings is 1. The van der Waals surface area contributed by atoms with E-state index >= 15 is 0 Å². The van der Waals surface area contributed by atoms with Crippen molar-refractivity contribution in [2.24, 2.45) is 17.6 Å². The summed E-state index contributed by atoms with van der Waals surface area (Å²) in [5.41, 5.74) is 7.67. The lowest BCUT2D eigenvalue weighted by Crippen LogP contribution is -2.33. The van der Waals surface area contributed by atoms with E-state index in [4.69, 9.17) is 5.73 Å². The van der Waals surface area contributed by atoms with E-state index in [1.54, 1.807) is 6.20 Å². The zero-order valence-electron chi connectivity index (χ0n) is 12.7. The maximum absolute atomic E-state index is 12.8. The number of carbonyl (C=O) groups is 1. The molecule has 2 N–H and O–H groups in total. The van der Waals surface area contributed by atoms with Crippen molar-refractivity contribution >= 4 is 41.6 Å². The maximum atomic E-state index is 12.8. The van der Waals surface area contributed by atoms with Gasteiger partial charge in [-0.15, -0.1) is 24.8 Å². The van der Waals surface area contributed by atoms with Gasteiger partial charge in [-0.3, -0.25) is 9.78 Å². The SMILES string of the molecule is Cl.Cl.NC1CCC2CN(C(=O)c3cccc4cccnc34)CC12. The van der Waals surface area contributed by atoms with Crippen molar-refractivity contribution in [1.82, 2.24) is 9.88 Å². The molecule has 3 unspecified atom stereocenters. The average Bonchev–Trinajstić information content (AvgIpc) is 3.08. The number of pyridine rings is 1. The predicted molar refractivity (Wildman–Crippen MR) is 96.3 cm³/mol. The van der Waals surface area contributed by atoms with Crippen LogP contribution in [0.2, 0.25) is 0 Å². The van der Waals surface area contributed by atoms with Gasteiger partial charge in [0, 0.05) is 30.7 Å². The first-order chi connectivity index (χ1) is 10.2. The van der Waals surface area contributed by atoms with Crippen LogP contribution in [-0.4, -0.2) is 34.9 Å². The predicted octanol–water partition coefficient (Wildman–Crippen LogP) is 2.89. The van der Waals surface area contributed by atoms with E-state index in [0.29, 0.717) is 17.4 Å². The Labute approximate surface area is 148 Å². The normalized spacial score (nSPS) is 25.6. The number of nitrogens with zero attached hydrogens (tertiary/aromatic N) is 2. The van der Waals surface area contributed by atoms with Crippen LogP contribution < -0.4 is 5.73 Å². The molecule has 1 saturated heterocycles. The van der Waals surface area contributed by atoms with Crippen LogP contribution in [-0.2, 0) is 0 Å². The molecule has 1 saturated carbocycles. The topological polar surface area (TPSA) is 59.2 Å². The lowest BCUT2D eigenvalue weighted by Gasteiger charge is -2.19. The van der Waals surface area contributed by atoms with Crippen molar-refractivity contribution in [3.8, 4) is 0 Å². The minimum atomic E-state index is 0. The summed E-state index contributed by atoms with van der Waals surface area (Å²) in [5.74, 6) is 1.17. The second-order valence-corrected chi connectivity index (χ2v) is 6.26. The minimum absolute atomic E-state index is 0. The average molecular weight is 354 g/mol. The third-order valence-electron chi connectivity index (χ3n) is 5.06. The van der Waals surface area contributed by atoms with Gasteiger partial charge in [0.05, 0.1) is 11.1 Å². The molecular weight excluding hydrogens is 333 g/mol. The van der Waals surface area contributed by atoms with E-state index in [1.165, 1.54) is 0 Å². The third kappa shape index (κ3) is 3.03. The quantitative estimate of drug-likeness (QED) is 0.857. The molecule has 2 aromatic rings. The highest BCUT2D eigenvalue weighted by molar-refractivity contribution is 6.05. The number of para-hydroxylation sites is 1. The molecule has 4 rings (SSSR count). The number of aromatic nitrogens is 1. The lowest BCUT2D eigenvalue weighted by molar-refractivity contribution is 0.0781. The number of nitrogens with two attached hydrogens (primary N) is 1. The number of hydrogen-bond acceptors (Lipinski definition) is 3. The fourth-order valence-electron chi connectivity index (χ4n) is 3.92. The zero-order chi connectivity index (χ0) is 14.4. The van der Waals surface area contributed by atoms with Crippen molar-refractivity contribution in [3.63, 3.8) is 0 Å². The van der Waals surface area contributed by atoms with Crippen molar-refractivity contribution in [1.29, 1.82) is 0 Å². The van der Waals surface area contributed by atoms with Gasteiger partial charge in [-0.05, 0) is 36.8 Å². The molecule has 2 fully saturated rings. The Balaban J connectivity index is 0.000000960. The first-order valence-electron chi connectivity index (χ1n) is 7.62. The van der Waals surface area contributed by atoms with Gasteiger partial charge in [0.1, 0.15) is 0 Å². The van der Waals surface area contributed by atoms with E-state index in [9.17, 15) is 4.79 Å². The van der Waals surface area contributed by atoms with E-state index in [-0.39, 0.29) is 36.8 Å². The third-order valence-corrected chi connectivity index (χ3v) is 5.06. The highest BCUT2D eigenvalue weighted by Crippen LogP contribution is 2.37. The molecule has 0 spiro atoms. The van der Waals surface area contributed by atoms with Crippen LogP contribution in [0.1, 0.15) is 23.2 Å². The molecule has 4 nitrogen and oxygen atoms in total. The fraction of sp³-hybridized carbons (Fsp3) is 0.412. The van der Waals surface area contributed by atoms with Gasteiger partial charge in [0.25, 0.3) is 5.91 Å². The Kier molecular flexibility index (Phi) is 5.50. The first kappa shape index (κ1) is 18.0. The molecule has 0 bridgehead atoms. The standard InChI is InChI=1S/C17H19N3O.2ClH/c18-15-7-6-12-9-20(10-14(12)15)17(21)13-5-1-3-11-4-2-8-19-16(11)13;;/h1-5,8,12,14-15H,6-7,9-10,18H2;2*1H. The Hall–Kier alpha value is -1.36. The van der Waals surface area contributed by atoms with Crippen molar-refractivity contribution in [3.05, 3.63) is 42.1 Å². The summed E-state index contributed by atoms with van der Waals surface area (Å²) in [5, 5.41) is 1.01. The number of fused-ring (bicyclic) bond motifs is 2. The van der Waals surface area contributed by atoms with Crippen LogP contribution >= 0.6 is 24.8 Å². The van der Waals surface area contributed by atoms with Crippen LogP contribution in [0.15, 0.2) is 36.5 Å². The summed E-state index contributed by atoms with van der Waals surface area (Å²) in [6, 6.07) is 9.96. The Morgan fingerprint density at radius 2 is 1.91 bits per heavy atom. The largest absolute Gasteiger partial charge is 0.338 e. The molecule has 1 aromatic carbocycles. The molecule has 0 radical (unpaired) electrons. The summed E-state index contributed by atoms with van der Waals surface area (Å²) in [7, 11) is 0. The number of carbonyl (C=O) groups excluding carboxylic acids is 1. The lowest BCUT2D eigenvalue weighted by atomic mass is 9.98. The molecule has 2 aliphatic rings. The zero-order valence-corrected chi connectivity index (χ0v) is 14.4. The fourth-order valence-corrected chi connectivity index (χ4v) is 3.92. The number of likely N-dealkylation sites (tertiary alicyclic amines) is 1. The molecule has 2 heterocycles. The molecule has 1 aromatic heterocycles. The Bertz CT molecular complexity index is 704. The maximum Gasteiger partial charge on any atom is 0.256 e. The van der Waals surface area contributed by atoms with Gasteiger partial charge in [-0.1, -0.05) is 18.2 Å². The summed E-state index contributed by atoms with van der Waals surface area (Å²) < 4.78 is 0. The first-order valence-corrected chi connectivity index (χ1v) is 7.62. The van der Waals surface area contributed by atoms with Gasteiger partial charge < -0.3 is 10.6 Å². The number of hydrogen-bond donors (Lipinski definition) is 1. The molecule has 6 heteroatoms. The number of halogens is 2. The second kappa shape index (κ2) is 7.04. The molecule has 1 amide bonds. The monoisotopic (exact) mass is 353 g/mol. The number of amides is 1. The highest BCUT2D eigenvalue weighted by atomic mass is 35.5. The summed E-state index contributed by atoms with van der Waals surface area (Å²) in [6.07, 6.45) is 4.00. The van der Waals surface area contributed by atoms with Crippen LogP contribution in [0.25, 0.3) is 10.9 Å². The van der Waals surface area contributed by atoms with E-state index in [0.717, 1.165) is 36.8 Å². The van der Waals surface area contributed by atoms with Crippen molar-refractivity contribution < 1.29 is 4.79 Å². The number of rotatable bonds is 1. The van der Waals surface area contributed by atoms with E-state index in [2.05, 4.69) is 4.98 Å². The summed E-state index contributed by atoms with van der Waals surface area (Å²) >= 11 is 0. The van der Waals surface area contributed by atoms with Gasteiger partial charge in [-0.2, -0.15) is 0 Å². The van der Waals surface area contributed by atoms with E-state index < -0.39 is 0 Å². The highest BCUT2D eigenvalue weighted by Gasteiger charge is 2.42. The molecule has 23 heavy (non-hydrogen) atoms. The van der Waals surface area contributed by atoms with Crippen LogP contribution in [0, 0.1) is 11.8 Å². The van der Waals surface area contributed by atoms with Gasteiger partial charge >= 0.3 is 0 Å². The van der Waals surface area contributed by atoms with Crippen LogP contribution in [0.3, 0.4) is 0 Å². The molecular formula is C17H21Cl2N3O. The van der Waals surface area contributed by atoms with Crippen LogP contribution in [0.4, 0.5) is 0 Å². The molecule has 124 valence electrons. The van der Waals surface area contributed by atoms with Crippen LogP contribution in [0.5, 0.6) is 0 Å².